The van der Waals surface area contributed by atoms with Gasteiger partial charge in [-0.1, -0.05) is 25.5 Å². The molecule has 1 fully saturated rings. The molecule has 0 spiro atoms. The number of hydrogen-bond acceptors (Lipinski definition) is 3. The van der Waals surface area contributed by atoms with E-state index in [1.54, 1.807) is 12.1 Å². The van der Waals surface area contributed by atoms with Gasteiger partial charge in [-0.05, 0) is 36.5 Å². The van der Waals surface area contributed by atoms with Crippen molar-refractivity contribution in [1.82, 2.24) is 5.32 Å². The summed E-state index contributed by atoms with van der Waals surface area (Å²) in [7, 11) is -3.08. The molecule has 4 heteroatoms. The normalized spacial score (nSPS) is 23.0. The molecule has 0 aliphatic heterocycles. The summed E-state index contributed by atoms with van der Waals surface area (Å²) >= 11 is 0. The van der Waals surface area contributed by atoms with Gasteiger partial charge in [-0.25, -0.2) is 8.42 Å². The molecule has 0 saturated heterocycles. The lowest BCUT2D eigenvalue weighted by Gasteiger charge is -2.05. The van der Waals surface area contributed by atoms with Crippen LogP contribution < -0.4 is 5.32 Å². The molecule has 0 radical (unpaired) electrons. The van der Waals surface area contributed by atoms with Crippen LogP contribution in [0.15, 0.2) is 29.2 Å². The molecule has 2 rings (SSSR count). The van der Waals surface area contributed by atoms with Gasteiger partial charge >= 0.3 is 0 Å². The number of benzene rings is 1. The maximum atomic E-state index is 11.3. The Labute approximate surface area is 110 Å². The zero-order valence-corrected chi connectivity index (χ0v) is 11.8. The van der Waals surface area contributed by atoms with Gasteiger partial charge in [-0.15, -0.1) is 0 Å². The van der Waals surface area contributed by atoms with Crippen molar-refractivity contribution in [2.45, 2.75) is 43.7 Å². The van der Waals surface area contributed by atoms with E-state index in [0.717, 1.165) is 18.0 Å². The van der Waals surface area contributed by atoms with Crippen LogP contribution in [0.3, 0.4) is 0 Å². The van der Waals surface area contributed by atoms with Gasteiger partial charge in [0.15, 0.2) is 9.84 Å². The van der Waals surface area contributed by atoms with Crippen LogP contribution in [-0.4, -0.2) is 20.7 Å². The van der Waals surface area contributed by atoms with Crippen molar-refractivity contribution in [2.75, 3.05) is 6.26 Å². The highest BCUT2D eigenvalue weighted by atomic mass is 32.2. The Morgan fingerprint density at radius 1 is 1.28 bits per heavy atom. The Morgan fingerprint density at radius 2 is 1.94 bits per heavy atom. The highest BCUT2D eigenvalue weighted by molar-refractivity contribution is 7.90. The van der Waals surface area contributed by atoms with Crippen LogP contribution in [0.2, 0.25) is 0 Å². The number of nitrogens with one attached hydrogen (secondary N) is 1. The lowest BCUT2D eigenvalue weighted by molar-refractivity contribution is 0.598. The summed E-state index contributed by atoms with van der Waals surface area (Å²) in [6.45, 7) is 3.05. The van der Waals surface area contributed by atoms with Crippen LogP contribution in [0, 0.1) is 5.92 Å². The van der Waals surface area contributed by atoms with Gasteiger partial charge in [-0.3, -0.25) is 0 Å². The molecular weight excluding hydrogens is 246 g/mol. The molecule has 1 aromatic carbocycles. The van der Waals surface area contributed by atoms with Gasteiger partial charge in [0.2, 0.25) is 0 Å². The van der Waals surface area contributed by atoms with E-state index in [1.165, 1.54) is 25.5 Å². The van der Waals surface area contributed by atoms with Gasteiger partial charge in [0.05, 0.1) is 4.90 Å². The number of hydrogen-bond donors (Lipinski definition) is 1. The Bertz CT molecular complexity index is 493. The molecule has 1 aliphatic rings. The second-order valence-corrected chi connectivity index (χ2v) is 7.20. The lowest BCUT2D eigenvalue weighted by atomic mass is 10.2. The maximum Gasteiger partial charge on any atom is 0.175 e. The van der Waals surface area contributed by atoms with E-state index >= 15 is 0 Å². The van der Waals surface area contributed by atoms with Gasteiger partial charge in [-0.2, -0.15) is 0 Å². The molecule has 100 valence electrons. The standard InChI is InChI=1S/C14H21NO2S/c1-3-4-12-9-14(12)15-10-11-5-7-13(8-6-11)18(2,16)17/h5-8,12,14-15H,3-4,9-10H2,1-2H3. The van der Waals surface area contributed by atoms with Gasteiger partial charge in [0.25, 0.3) is 0 Å². The van der Waals surface area contributed by atoms with Crippen LogP contribution in [0.1, 0.15) is 31.7 Å². The summed E-state index contributed by atoms with van der Waals surface area (Å²) in [5.74, 6) is 0.852. The van der Waals surface area contributed by atoms with Crippen LogP contribution >= 0.6 is 0 Å². The van der Waals surface area contributed by atoms with Crippen LogP contribution in [0.25, 0.3) is 0 Å². The van der Waals surface area contributed by atoms with Crippen LogP contribution in [0.5, 0.6) is 0 Å². The molecule has 18 heavy (non-hydrogen) atoms. The topological polar surface area (TPSA) is 46.2 Å². The van der Waals surface area contributed by atoms with Crippen molar-refractivity contribution >= 4 is 9.84 Å². The average molecular weight is 267 g/mol. The molecule has 2 atom stereocenters. The summed E-state index contributed by atoms with van der Waals surface area (Å²) in [5.41, 5.74) is 1.14. The third-order valence-electron chi connectivity index (χ3n) is 3.50. The first-order valence-corrected chi connectivity index (χ1v) is 8.42. The molecule has 0 heterocycles. The number of sulfone groups is 1. The molecule has 1 N–H and O–H groups in total. The predicted molar refractivity (Wildman–Crippen MR) is 73.2 cm³/mol. The predicted octanol–water partition coefficient (Wildman–Crippen LogP) is 2.37. The van der Waals surface area contributed by atoms with E-state index in [9.17, 15) is 8.42 Å². The van der Waals surface area contributed by atoms with E-state index in [-0.39, 0.29) is 0 Å². The Balaban J connectivity index is 1.84. The van der Waals surface area contributed by atoms with Crippen molar-refractivity contribution < 1.29 is 8.42 Å². The largest absolute Gasteiger partial charge is 0.310 e. The highest BCUT2D eigenvalue weighted by Gasteiger charge is 2.35. The molecule has 3 nitrogen and oxygen atoms in total. The van der Waals surface area contributed by atoms with Gasteiger partial charge < -0.3 is 5.32 Å². The second kappa shape index (κ2) is 5.41. The zero-order chi connectivity index (χ0) is 13.2. The third-order valence-corrected chi connectivity index (χ3v) is 4.63. The smallest absolute Gasteiger partial charge is 0.175 e. The van der Waals surface area contributed by atoms with E-state index in [2.05, 4.69) is 12.2 Å². The molecule has 0 aromatic heterocycles. The summed E-state index contributed by atoms with van der Waals surface area (Å²) in [4.78, 5) is 0.390. The van der Waals surface area contributed by atoms with Crippen molar-refractivity contribution in [3.63, 3.8) is 0 Å². The molecule has 1 aromatic rings. The number of rotatable bonds is 6. The zero-order valence-electron chi connectivity index (χ0n) is 11.0. The lowest BCUT2D eigenvalue weighted by Crippen LogP contribution is -2.17. The quantitative estimate of drug-likeness (QED) is 0.860. The monoisotopic (exact) mass is 267 g/mol. The summed E-state index contributed by atoms with van der Waals surface area (Å²) in [6, 6.07) is 7.81. The minimum absolute atomic E-state index is 0.390. The first kappa shape index (κ1) is 13.6. The Kier molecular flexibility index (Phi) is 4.07. The fourth-order valence-corrected chi connectivity index (χ4v) is 2.92. The van der Waals surface area contributed by atoms with Gasteiger partial charge in [0.1, 0.15) is 0 Å². The summed E-state index contributed by atoms with van der Waals surface area (Å²) < 4.78 is 22.6. The molecule has 1 saturated carbocycles. The van der Waals surface area contributed by atoms with E-state index in [4.69, 9.17) is 0 Å². The third kappa shape index (κ3) is 3.56. The Hall–Kier alpha value is -0.870. The maximum absolute atomic E-state index is 11.3. The SMILES string of the molecule is CCCC1CC1NCc1ccc(S(C)(=O)=O)cc1. The second-order valence-electron chi connectivity index (χ2n) is 5.19. The van der Waals surface area contributed by atoms with Crippen molar-refractivity contribution in [3.05, 3.63) is 29.8 Å². The highest BCUT2D eigenvalue weighted by Crippen LogP contribution is 2.34. The molecule has 1 aliphatic carbocycles. The summed E-state index contributed by atoms with van der Waals surface area (Å²) in [5, 5.41) is 3.52. The molecule has 0 bridgehead atoms. The average Bonchev–Trinajstić information content (AvgIpc) is 3.05. The fourth-order valence-electron chi connectivity index (χ4n) is 2.29. The van der Waals surface area contributed by atoms with Crippen LogP contribution in [0.4, 0.5) is 0 Å². The van der Waals surface area contributed by atoms with Crippen molar-refractivity contribution in [2.24, 2.45) is 5.92 Å². The Morgan fingerprint density at radius 3 is 2.50 bits per heavy atom. The fraction of sp³-hybridized carbons (Fsp3) is 0.571. The van der Waals surface area contributed by atoms with Crippen molar-refractivity contribution in [1.29, 1.82) is 0 Å². The molecule has 2 unspecified atom stereocenters. The van der Waals surface area contributed by atoms with Crippen molar-refractivity contribution in [3.8, 4) is 0 Å². The van der Waals surface area contributed by atoms with Crippen LogP contribution in [-0.2, 0) is 16.4 Å². The first-order valence-electron chi connectivity index (χ1n) is 6.53. The minimum Gasteiger partial charge on any atom is -0.310 e. The van der Waals surface area contributed by atoms with E-state index < -0.39 is 9.84 Å². The minimum atomic E-state index is -3.08. The van der Waals surface area contributed by atoms with Gasteiger partial charge in [0, 0.05) is 18.8 Å². The molecule has 0 amide bonds. The molecular formula is C14H21NO2S. The first-order chi connectivity index (χ1) is 8.50. The summed E-state index contributed by atoms with van der Waals surface area (Å²) in [6.07, 6.45) is 5.09. The van der Waals surface area contributed by atoms with E-state index in [0.29, 0.717) is 10.9 Å². The van der Waals surface area contributed by atoms with E-state index in [1.807, 2.05) is 12.1 Å².